The fourth-order valence-corrected chi connectivity index (χ4v) is 3.51. The third-order valence-electron chi connectivity index (χ3n) is 5.23. The molecule has 2 atom stereocenters. The van der Waals surface area contributed by atoms with Gasteiger partial charge < -0.3 is 10.2 Å². The summed E-state index contributed by atoms with van der Waals surface area (Å²) < 4.78 is 0. The number of carbonyl (C=O) groups is 2. The van der Waals surface area contributed by atoms with E-state index in [-0.39, 0.29) is 29.6 Å². The lowest BCUT2D eigenvalue weighted by Gasteiger charge is -2.18. The Labute approximate surface area is 144 Å². The highest BCUT2D eigenvalue weighted by molar-refractivity contribution is 5.85. The normalized spacial score (nSPS) is 23.3. The molecule has 0 radical (unpaired) electrons. The Hall–Kier alpha value is -1.84. The van der Waals surface area contributed by atoms with Gasteiger partial charge in [-0.2, -0.15) is 0 Å². The van der Waals surface area contributed by atoms with Crippen molar-refractivity contribution in [2.45, 2.75) is 45.4 Å². The molecule has 4 nitrogen and oxygen atoms in total. The van der Waals surface area contributed by atoms with Crippen LogP contribution in [-0.4, -0.2) is 36.3 Å². The van der Waals surface area contributed by atoms with Crippen molar-refractivity contribution in [2.24, 2.45) is 11.8 Å². The molecule has 2 fully saturated rings. The van der Waals surface area contributed by atoms with Gasteiger partial charge in [-0.3, -0.25) is 9.59 Å². The summed E-state index contributed by atoms with van der Waals surface area (Å²) in [7, 11) is 0. The van der Waals surface area contributed by atoms with Crippen molar-refractivity contribution in [3.63, 3.8) is 0 Å². The second-order valence-corrected chi connectivity index (χ2v) is 7.29. The summed E-state index contributed by atoms with van der Waals surface area (Å²) in [6.45, 7) is 6.14. The van der Waals surface area contributed by atoms with Gasteiger partial charge in [0, 0.05) is 31.5 Å². The molecular formula is C20H28N2O2. The first-order valence-corrected chi connectivity index (χ1v) is 9.23. The van der Waals surface area contributed by atoms with E-state index in [0.29, 0.717) is 13.1 Å². The van der Waals surface area contributed by atoms with Crippen LogP contribution >= 0.6 is 0 Å². The van der Waals surface area contributed by atoms with Gasteiger partial charge >= 0.3 is 0 Å². The highest BCUT2D eigenvalue weighted by Gasteiger charge is 2.43. The molecule has 1 aliphatic carbocycles. The van der Waals surface area contributed by atoms with E-state index < -0.39 is 0 Å². The number of nitrogens with zero attached hydrogens (tertiary/aromatic N) is 1. The van der Waals surface area contributed by atoms with Gasteiger partial charge in [-0.15, -0.1) is 0 Å². The summed E-state index contributed by atoms with van der Waals surface area (Å²) in [6, 6.07) is 8.40. The first-order chi connectivity index (χ1) is 11.6. The van der Waals surface area contributed by atoms with Crippen molar-refractivity contribution < 1.29 is 9.59 Å². The lowest BCUT2D eigenvalue weighted by atomic mass is 9.88. The van der Waals surface area contributed by atoms with E-state index in [2.05, 4.69) is 43.4 Å². The van der Waals surface area contributed by atoms with E-state index in [1.54, 1.807) is 0 Å². The van der Waals surface area contributed by atoms with E-state index in [0.717, 1.165) is 32.2 Å². The molecule has 1 aromatic carbocycles. The van der Waals surface area contributed by atoms with Gasteiger partial charge in [0.15, 0.2) is 0 Å². The molecule has 1 aliphatic heterocycles. The molecule has 4 heteroatoms. The van der Waals surface area contributed by atoms with Crippen molar-refractivity contribution in [3.05, 3.63) is 35.4 Å². The number of amides is 2. The Morgan fingerprint density at radius 3 is 2.50 bits per heavy atom. The van der Waals surface area contributed by atoms with Crippen LogP contribution in [0, 0.1) is 18.8 Å². The Morgan fingerprint density at radius 1 is 1.17 bits per heavy atom. The topological polar surface area (TPSA) is 49.4 Å². The molecule has 1 saturated carbocycles. The second kappa shape index (κ2) is 7.37. The minimum atomic E-state index is -0.132. The molecule has 130 valence electrons. The maximum absolute atomic E-state index is 12.7. The van der Waals surface area contributed by atoms with Gasteiger partial charge in [-0.1, -0.05) is 43.2 Å². The van der Waals surface area contributed by atoms with E-state index >= 15 is 0 Å². The molecule has 0 spiro atoms. The zero-order valence-corrected chi connectivity index (χ0v) is 14.8. The lowest BCUT2D eigenvalue weighted by molar-refractivity contribution is -0.132. The van der Waals surface area contributed by atoms with Crippen LogP contribution in [0.3, 0.4) is 0 Å². The van der Waals surface area contributed by atoms with Crippen molar-refractivity contribution in [3.8, 4) is 0 Å². The van der Waals surface area contributed by atoms with Crippen molar-refractivity contribution >= 4 is 11.8 Å². The molecule has 0 aromatic heterocycles. The fraction of sp³-hybridized carbons (Fsp3) is 0.600. The first-order valence-electron chi connectivity index (χ1n) is 9.23. The van der Waals surface area contributed by atoms with Crippen molar-refractivity contribution in [1.82, 2.24) is 10.2 Å². The zero-order chi connectivity index (χ0) is 17.1. The van der Waals surface area contributed by atoms with Crippen LogP contribution in [0.5, 0.6) is 0 Å². The molecule has 0 bridgehead atoms. The van der Waals surface area contributed by atoms with Gasteiger partial charge in [-0.05, 0) is 31.7 Å². The Bertz CT molecular complexity index is 592. The summed E-state index contributed by atoms with van der Waals surface area (Å²) in [6.07, 6.45) is 4.09. The monoisotopic (exact) mass is 328 g/mol. The lowest BCUT2D eigenvalue weighted by Crippen LogP contribution is -2.36. The standard InChI is InChI=1S/C20H28N2O2/c1-3-4-11-21-19(23)18-13-22(20(24)16-9-10-16)12-17(18)15-7-5-14(2)6-8-15/h5-8,16-18H,3-4,9-13H2,1-2H3,(H,21,23). The van der Waals surface area contributed by atoms with Crippen LogP contribution in [0.15, 0.2) is 24.3 Å². The summed E-state index contributed by atoms with van der Waals surface area (Å²) in [5, 5.41) is 3.06. The van der Waals surface area contributed by atoms with Gasteiger partial charge in [0.1, 0.15) is 0 Å². The van der Waals surface area contributed by atoms with E-state index in [1.165, 1.54) is 11.1 Å². The molecule has 1 saturated heterocycles. The Morgan fingerprint density at radius 2 is 1.88 bits per heavy atom. The summed E-state index contributed by atoms with van der Waals surface area (Å²) in [5.41, 5.74) is 2.38. The average molecular weight is 328 g/mol. The molecule has 1 N–H and O–H groups in total. The predicted octanol–water partition coefficient (Wildman–Crippen LogP) is 2.86. The number of nitrogens with one attached hydrogen (secondary N) is 1. The molecule has 24 heavy (non-hydrogen) atoms. The number of likely N-dealkylation sites (tertiary alicyclic amines) is 1. The predicted molar refractivity (Wildman–Crippen MR) is 94.6 cm³/mol. The number of carbonyl (C=O) groups excluding carboxylic acids is 2. The number of aryl methyl sites for hydroxylation is 1. The number of hydrogen-bond donors (Lipinski definition) is 1. The molecule has 3 rings (SSSR count). The highest BCUT2D eigenvalue weighted by Crippen LogP contribution is 2.37. The number of rotatable bonds is 6. The van der Waals surface area contributed by atoms with E-state index in [9.17, 15) is 9.59 Å². The van der Waals surface area contributed by atoms with Crippen molar-refractivity contribution in [1.29, 1.82) is 0 Å². The van der Waals surface area contributed by atoms with Crippen LogP contribution in [0.1, 0.15) is 49.7 Å². The minimum absolute atomic E-state index is 0.0973. The molecule has 1 heterocycles. The SMILES string of the molecule is CCCCNC(=O)C1CN(C(=O)C2CC2)CC1c1ccc(C)cc1. The Balaban J connectivity index is 1.74. The van der Waals surface area contributed by atoms with Gasteiger partial charge in [0.25, 0.3) is 0 Å². The van der Waals surface area contributed by atoms with Crippen LogP contribution in [0.25, 0.3) is 0 Å². The second-order valence-electron chi connectivity index (χ2n) is 7.29. The molecule has 2 unspecified atom stereocenters. The average Bonchev–Trinajstić information content (AvgIpc) is 3.33. The third-order valence-corrected chi connectivity index (χ3v) is 5.23. The van der Waals surface area contributed by atoms with Crippen LogP contribution in [0.4, 0.5) is 0 Å². The van der Waals surface area contributed by atoms with E-state index in [1.807, 2.05) is 4.90 Å². The smallest absolute Gasteiger partial charge is 0.225 e. The molecular weight excluding hydrogens is 300 g/mol. The molecule has 1 aromatic rings. The number of hydrogen-bond acceptors (Lipinski definition) is 2. The van der Waals surface area contributed by atoms with Gasteiger partial charge in [-0.25, -0.2) is 0 Å². The summed E-state index contributed by atoms with van der Waals surface area (Å²) in [5.74, 6) is 0.531. The molecule has 2 aliphatic rings. The molecule has 2 amide bonds. The van der Waals surface area contributed by atoms with Crippen molar-refractivity contribution in [2.75, 3.05) is 19.6 Å². The van der Waals surface area contributed by atoms with E-state index in [4.69, 9.17) is 0 Å². The third kappa shape index (κ3) is 3.80. The first kappa shape index (κ1) is 17.0. The maximum atomic E-state index is 12.7. The van der Waals surface area contributed by atoms with Gasteiger partial charge in [0.2, 0.25) is 11.8 Å². The van der Waals surface area contributed by atoms with Crippen LogP contribution in [-0.2, 0) is 9.59 Å². The maximum Gasteiger partial charge on any atom is 0.225 e. The fourth-order valence-electron chi connectivity index (χ4n) is 3.51. The van der Waals surface area contributed by atoms with Gasteiger partial charge in [0.05, 0.1) is 5.92 Å². The summed E-state index contributed by atoms with van der Waals surface area (Å²) in [4.78, 5) is 27.1. The van der Waals surface area contributed by atoms with Crippen LogP contribution in [0.2, 0.25) is 0 Å². The largest absolute Gasteiger partial charge is 0.356 e. The number of unbranched alkanes of at least 4 members (excludes halogenated alkanes) is 1. The highest BCUT2D eigenvalue weighted by atomic mass is 16.2. The zero-order valence-electron chi connectivity index (χ0n) is 14.8. The Kier molecular flexibility index (Phi) is 5.22. The minimum Gasteiger partial charge on any atom is -0.356 e. The summed E-state index contributed by atoms with van der Waals surface area (Å²) >= 11 is 0. The quantitative estimate of drug-likeness (QED) is 0.816. The van der Waals surface area contributed by atoms with Crippen LogP contribution < -0.4 is 5.32 Å². The number of benzene rings is 1.